The molecular weight excluding hydrogens is 321 g/mol. The summed E-state index contributed by atoms with van der Waals surface area (Å²) in [5, 5.41) is 11.9. The second-order valence-electron chi connectivity index (χ2n) is 6.52. The minimum atomic E-state index is -0.346. The maximum atomic E-state index is 14.5. The standard InChI is InChI=1S/C19H22FN3O2/c1-22(2)15-9-10-23(12-15)18-8-5-14(11-17(18)20)21-19(25)13-3-6-16(24)7-4-13/h3-8,11,15,24H,9-10,12H2,1-2H3,(H,21,25)/t15-/m1/s1. The summed E-state index contributed by atoms with van der Waals surface area (Å²) < 4.78 is 14.5. The van der Waals surface area contributed by atoms with Crippen LogP contribution in [0.1, 0.15) is 16.8 Å². The molecule has 0 unspecified atom stereocenters. The van der Waals surface area contributed by atoms with Crippen molar-refractivity contribution in [2.45, 2.75) is 12.5 Å². The zero-order valence-corrected chi connectivity index (χ0v) is 14.4. The van der Waals surface area contributed by atoms with Crippen molar-refractivity contribution in [2.75, 3.05) is 37.4 Å². The molecule has 3 rings (SSSR count). The van der Waals surface area contributed by atoms with Crippen LogP contribution < -0.4 is 10.2 Å². The van der Waals surface area contributed by atoms with Crippen LogP contribution in [0.2, 0.25) is 0 Å². The Labute approximate surface area is 146 Å². The lowest BCUT2D eigenvalue weighted by Gasteiger charge is -2.22. The Morgan fingerprint density at radius 3 is 2.56 bits per heavy atom. The number of nitrogens with one attached hydrogen (secondary N) is 1. The second-order valence-corrected chi connectivity index (χ2v) is 6.52. The van der Waals surface area contributed by atoms with E-state index in [-0.39, 0.29) is 17.5 Å². The number of phenolic OH excluding ortho intramolecular Hbond substituents is 1. The highest BCUT2D eigenvalue weighted by Gasteiger charge is 2.25. The number of halogens is 1. The van der Waals surface area contributed by atoms with E-state index >= 15 is 0 Å². The number of likely N-dealkylation sites (N-methyl/N-ethyl adjacent to an activating group) is 1. The molecule has 0 aliphatic carbocycles. The first-order valence-electron chi connectivity index (χ1n) is 8.25. The van der Waals surface area contributed by atoms with E-state index in [2.05, 4.69) is 10.2 Å². The van der Waals surface area contributed by atoms with Gasteiger partial charge in [-0.3, -0.25) is 4.79 Å². The first kappa shape index (κ1) is 17.2. The summed E-state index contributed by atoms with van der Waals surface area (Å²) in [5.74, 6) is -0.600. The van der Waals surface area contributed by atoms with Crippen LogP contribution in [0.3, 0.4) is 0 Å². The molecule has 1 atom stereocenters. The Balaban J connectivity index is 1.70. The van der Waals surface area contributed by atoms with Crippen molar-refractivity contribution in [3.63, 3.8) is 0 Å². The minimum Gasteiger partial charge on any atom is -0.508 e. The molecule has 0 aromatic heterocycles. The number of carbonyl (C=O) groups excluding carboxylic acids is 1. The van der Waals surface area contributed by atoms with Crippen molar-refractivity contribution in [2.24, 2.45) is 0 Å². The largest absolute Gasteiger partial charge is 0.508 e. The molecule has 2 N–H and O–H groups in total. The fraction of sp³-hybridized carbons (Fsp3) is 0.316. The molecule has 5 nitrogen and oxygen atoms in total. The number of nitrogens with zero attached hydrogens (tertiary/aromatic N) is 2. The van der Waals surface area contributed by atoms with Crippen LogP contribution in [0.5, 0.6) is 5.75 Å². The summed E-state index contributed by atoms with van der Waals surface area (Å²) in [6.45, 7) is 1.61. The SMILES string of the molecule is CN(C)[C@@H]1CCN(c2ccc(NC(=O)c3ccc(O)cc3)cc2F)C1. The Bertz CT molecular complexity index is 762. The molecule has 1 amide bonds. The van der Waals surface area contributed by atoms with Crippen LogP contribution in [-0.2, 0) is 0 Å². The van der Waals surface area contributed by atoms with Gasteiger partial charge in [0.15, 0.2) is 0 Å². The van der Waals surface area contributed by atoms with E-state index < -0.39 is 0 Å². The molecule has 1 aliphatic heterocycles. The van der Waals surface area contributed by atoms with Crippen molar-refractivity contribution in [3.8, 4) is 5.75 Å². The molecule has 6 heteroatoms. The normalized spacial score (nSPS) is 17.1. The van der Waals surface area contributed by atoms with Gasteiger partial charge in [0.05, 0.1) is 5.69 Å². The third kappa shape index (κ3) is 3.91. The summed E-state index contributed by atoms with van der Waals surface area (Å²) >= 11 is 0. The highest BCUT2D eigenvalue weighted by molar-refractivity contribution is 6.04. The van der Waals surface area contributed by atoms with E-state index in [0.717, 1.165) is 19.5 Å². The molecule has 1 heterocycles. The number of rotatable bonds is 4. The molecule has 0 radical (unpaired) electrons. The Morgan fingerprint density at radius 2 is 1.96 bits per heavy atom. The molecule has 2 aromatic rings. The molecule has 0 spiro atoms. The van der Waals surface area contributed by atoms with Gasteiger partial charge >= 0.3 is 0 Å². The number of phenols is 1. The van der Waals surface area contributed by atoms with E-state index in [9.17, 15) is 14.3 Å². The predicted octanol–water partition coefficient (Wildman–Crippen LogP) is 2.92. The van der Waals surface area contributed by atoms with Gasteiger partial charge in [-0.05, 0) is 63.0 Å². The summed E-state index contributed by atoms with van der Waals surface area (Å²) in [5.41, 5.74) is 1.37. The number of amides is 1. The first-order valence-corrected chi connectivity index (χ1v) is 8.25. The van der Waals surface area contributed by atoms with Crippen molar-refractivity contribution >= 4 is 17.3 Å². The fourth-order valence-electron chi connectivity index (χ4n) is 3.04. The third-order valence-electron chi connectivity index (χ3n) is 4.57. The van der Waals surface area contributed by atoms with Crippen LogP contribution in [0.25, 0.3) is 0 Å². The molecule has 0 bridgehead atoms. The van der Waals surface area contributed by atoms with Gasteiger partial charge in [-0.1, -0.05) is 0 Å². The highest BCUT2D eigenvalue weighted by atomic mass is 19.1. The molecule has 0 saturated carbocycles. The van der Waals surface area contributed by atoms with Gasteiger partial charge in [0, 0.05) is 30.4 Å². The minimum absolute atomic E-state index is 0.0913. The van der Waals surface area contributed by atoms with Gasteiger partial charge in [-0.25, -0.2) is 4.39 Å². The van der Waals surface area contributed by atoms with Gasteiger partial charge < -0.3 is 20.2 Å². The van der Waals surface area contributed by atoms with E-state index in [1.807, 2.05) is 19.0 Å². The summed E-state index contributed by atoms with van der Waals surface area (Å²) in [6.07, 6.45) is 1.01. The number of hydrogen-bond donors (Lipinski definition) is 2. The number of carbonyl (C=O) groups is 1. The van der Waals surface area contributed by atoms with E-state index in [1.165, 1.54) is 30.3 Å². The predicted molar refractivity (Wildman–Crippen MR) is 96.8 cm³/mol. The fourth-order valence-corrected chi connectivity index (χ4v) is 3.04. The first-order chi connectivity index (χ1) is 11.9. The van der Waals surface area contributed by atoms with Crippen LogP contribution in [0.4, 0.5) is 15.8 Å². The van der Waals surface area contributed by atoms with E-state index in [4.69, 9.17) is 0 Å². The topological polar surface area (TPSA) is 55.8 Å². The van der Waals surface area contributed by atoms with E-state index in [0.29, 0.717) is 23.0 Å². The maximum Gasteiger partial charge on any atom is 0.255 e. The van der Waals surface area contributed by atoms with Crippen LogP contribution in [0, 0.1) is 5.82 Å². The smallest absolute Gasteiger partial charge is 0.255 e. The highest BCUT2D eigenvalue weighted by Crippen LogP contribution is 2.27. The lowest BCUT2D eigenvalue weighted by atomic mass is 10.2. The molecule has 25 heavy (non-hydrogen) atoms. The zero-order valence-electron chi connectivity index (χ0n) is 14.4. The second kappa shape index (κ2) is 7.11. The quantitative estimate of drug-likeness (QED) is 0.896. The van der Waals surface area contributed by atoms with Crippen molar-refractivity contribution < 1.29 is 14.3 Å². The lowest BCUT2D eigenvalue weighted by Crippen LogP contribution is -2.31. The Kier molecular flexibility index (Phi) is 4.90. The van der Waals surface area contributed by atoms with Crippen molar-refractivity contribution in [3.05, 3.63) is 53.8 Å². The summed E-state index contributed by atoms with van der Waals surface area (Å²) in [4.78, 5) is 16.4. The zero-order chi connectivity index (χ0) is 18.0. The number of aromatic hydroxyl groups is 1. The third-order valence-corrected chi connectivity index (χ3v) is 4.57. The Hall–Kier alpha value is -2.60. The summed E-state index contributed by atoms with van der Waals surface area (Å²) in [7, 11) is 4.07. The average molecular weight is 343 g/mol. The maximum absolute atomic E-state index is 14.5. The van der Waals surface area contributed by atoms with Crippen LogP contribution in [-0.4, -0.2) is 49.1 Å². The van der Waals surface area contributed by atoms with Gasteiger partial charge in [0.2, 0.25) is 0 Å². The van der Waals surface area contributed by atoms with Gasteiger partial charge in [-0.2, -0.15) is 0 Å². The molecular formula is C19H22FN3O2. The molecule has 1 aliphatic rings. The monoisotopic (exact) mass is 343 g/mol. The van der Waals surface area contributed by atoms with Gasteiger partial charge in [-0.15, -0.1) is 0 Å². The number of benzene rings is 2. The molecule has 1 fully saturated rings. The average Bonchev–Trinajstić information content (AvgIpc) is 3.05. The molecule has 1 saturated heterocycles. The molecule has 132 valence electrons. The van der Waals surface area contributed by atoms with Crippen molar-refractivity contribution in [1.29, 1.82) is 0 Å². The van der Waals surface area contributed by atoms with Crippen LogP contribution >= 0.6 is 0 Å². The van der Waals surface area contributed by atoms with Gasteiger partial charge in [0.1, 0.15) is 11.6 Å². The number of hydrogen-bond acceptors (Lipinski definition) is 4. The van der Waals surface area contributed by atoms with E-state index in [1.54, 1.807) is 12.1 Å². The Morgan fingerprint density at radius 1 is 1.24 bits per heavy atom. The van der Waals surface area contributed by atoms with Crippen LogP contribution in [0.15, 0.2) is 42.5 Å². The summed E-state index contributed by atoms with van der Waals surface area (Å²) in [6, 6.07) is 11.1. The lowest BCUT2D eigenvalue weighted by molar-refractivity contribution is 0.102. The van der Waals surface area contributed by atoms with Gasteiger partial charge in [0.25, 0.3) is 5.91 Å². The molecule has 2 aromatic carbocycles. The number of anilines is 2. The van der Waals surface area contributed by atoms with Crippen molar-refractivity contribution in [1.82, 2.24) is 4.90 Å².